The first-order valence-corrected chi connectivity index (χ1v) is 9.69. The van der Waals surface area contributed by atoms with Gasteiger partial charge in [0.2, 0.25) is 15.9 Å². The van der Waals surface area contributed by atoms with Crippen molar-refractivity contribution < 1.29 is 13.2 Å². The highest BCUT2D eigenvalue weighted by atomic mass is 32.2. The summed E-state index contributed by atoms with van der Waals surface area (Å²) in [7, 11) is -3.66. The lowest BCUT2D eigenvalue weighted by Gasteiger charge is -2.27. The number of hydrogen-bond donors (Lipinski definition) is 1. The summed E-state index contributed by atoms with van der Waals surface area (Å²) in [4.78, 5) is 12.6. The van der Waals surface area contributed by atoms with Crippen molar-refractivity contribution in [1.82, 2.24) is 9.62 Å². The van der Waals surface area contributed by atoms with E-state index in [0.29, 0.717) is 11.6 Å². The summed E-state index contributed by atoms with van der Waals surface area (Å²) in [6.45, 7) is 7.49. The Morgan fingerprint density at radius 2 is 2.05 bits per heavy atom. The molecular formula is C15H22N2O3S2. The van der Waals surface area contributed by atoms with Crippen molar-refractivity contribution in [2.24, 2.45) is 0 Å². The largest absolute Gasteiger partial charge is 0.350 e. The third kappa shape index (κ3) is 3.83. The zero-order valence-corrected chi connectivity index (χ0v) is 14.9. The SMILES string of the molecule is Cc1cccc(S(=O)(=O)N2CSC[C@H]2C(=O)NC(C)(C)C)c1. The predicted octanol–water partition coefficient (Wildman–Crippen LogP) is 1.97. The maximum Gasteiger partial charge on any atom is 0.244 e. The lowest BCUT2D eigenvalue weighted by Crippen LogP contribution is -2.52. The van der Waals surface area contributed by atoms with E-state index in [4.69, 9.17) is 0 Å². The second kappa shape index (κ2) is 6.22. The van der Waals surface area contributed by atoms with Gasteiger partial charge >= 0.3 is 0 Å². The summed E-state index contributed by atoms with van der Waals surface area (Å²) >= 11 is 1.46. The highest BCUT2D eigenvalue weighted by molar-refractivity contribution is 8.00. The standard InChI is InChI=1S/C15H22N2O3S2/c1-11-6-5-7-12(8-11)22(19,20)17-10-21-9-13(17)14(18)16-15(2,3)4/h5-8,13H,9-10H2,1-4H3,(H,16,18)/t13-/m0/s1. The first-order valence-electron chi connectivity index (χ1n) is 7.09. The highest BCUT2D eigenvalue weighted by Crippen LogP contribution is 2.29. The number of sulfonamides is 1. The molecule has 22 heavy (non-hydrogen) atoms. The number of benzene rings is 1. The molecule has 0 radical (unpaired) electrons. The van der Waals surface area contributed by atoms with Gasteiger partial charge in [-0.15, -0.1) is 11.8 Å². The fourth-order valence-corrected chi connectivity index (χ4v) is 5.49. The summed E-state index contributed by atoms with van der Waals surface area (Å²) in [5.41, 5.74) is 0.493. The van der Waals surface area contributed by atoms with E-state index in [0.717, 1.165) is 5.56 Å². The fraction of sp³-hybridized carbons (Fsp3) is 0.533. The number of nitrogens with one attached hydrogen (secondary N) is 1. The van der Waals surface area contributed by atoms with Crippen LogP contribution in [-0.4, -0.2) is 41.8 Å². The molecule has 0 aliphatic carbocycles. The molecule has 1 N–H and O–H groups in total. The predicted molar refractivity (Wildman–Crippen MR) is 89.2 cm³/mol. The molecule has 1 atom stereocenters. The van der Waals surface area contributed by atoms with E-state index in [1.165, 1.54) is 16.1 Å². The molecule has 0 unspecified atom stereocenters. The van der Waals surface area contributed by atoms with Crippen molar-refractivity contribution in [2.75, 3.05) is 11.6 Å². The van der Waals surface area contributed by atoms with Gasteiger partial charge in [0.05, 0.1) is 10.8 Å². The van der Waals surface area contributed by atoms with E-state index < -0.39 is 16.1 Å². The van der Waals surface area contributed by atoms with Crippen LogP contribution in [0.5, 0.6) is 0 Å². The lowest BCUT2D eigenvalue weighted by atomic mass is 10.1. The molecule has 1 amide bonds. The van der Waals surface area contributed by atoms with Crippen molar-refractivity contribution in [3.63, 3.8) is 0 Å². The second-order valence-electron chi connectivity index (χ2n) is 6.46. The Hall–Kier alpha value is -1.05. The van der Waals surface area contributed by atoms with Crippen molar-refractivity contribution >= 4 is 27.7 Å². The van der Waals surface area contributed by atoms with Crippen LogP contribution in [0.3, 0.4) is 0 Å². The van der Waals surface area contributed by atoms with Crippen LogP contribution in [0.2, 0.25) is 0 Å². The van der Waals surface area contributed by atoms with Crippen molar-refractivity contribution in [3.05, 3.63) is 29.8 Å². The molecule has 1 heterocycles. The maximum absolute atomic E-state index is 12.8. The molecule has 0 saturated carbocycles. The van der Waals surface area contributed by atoms with Crippen LogP contribution >= 0.6 is 11.8 Å². The molecule has 1 saturated heterocycles. The zero-order valence-electron chi connectivity index (χ0n) is 13.3. The number of rotatable bonds is 3. The number of carbonyl (C=O) groups excluding carboxylic acids is 1. The van der Waals surface area contributed by atoms with Gasteiger partial charge in [-0.3, -0.25) is 4.79 Å². The molecule has 5 nitrogen and oxygen atoms in total. The highest BCUT2D eigenvalue weighted by Gasteiger charge is 2.40. The van der Waals surface area contributed by atoms with Gasteiger partial charge in [0, 0.05) is 11.3 Å². The van der Waals surface area contributed by atoms with Gasteiger partial charge in [0.25, 0.3) is 0 Å². The van der Waals surface area contributed by atoms with E-state index in [1.54, 1.807) is 18.2 Å². The van der Waals surface area contributed by atoms with E-state index in [2.05, 4.69) is 5.32 Å². The number of thioether (sulfide) groups is 1. The lowest BCUT2D eigenvalue weighted by molar-refractivity contribution is -0.125. The van der Waals surface area contributed by atoms with Crippen LogP contribution in [0.15, 0.2) is 29.2 Å². The summed E-state index contributed by atoms with van der Waals surface area (Å²) in [6, 6.07) is 6.12. The third-order valence-corrected chi connectivity index (χ3v) is 6.27. The van der Waals surface area contributed by atoms with Gasteiger partial charge < -0.3 is 5.32 Å². The molecule has 2 rings (SSSR count). The summed E-state index contributed by atoms with van der Waals surface area (Å²) in [6.07, 6.45) is 0. The Morgan fingerprint density at radius 3 is 2.64 bits per heavy atom. The normalized spacial score (nSPS) is 20.1. The Bertz CT molecular complexity index is 666. The Labute approximate surface area is 136 Å². The molecule has 7 heteroatoms. The minimum Gasteiger partial charge on any atom is -0.350 e. The second-order valence-corrected chi connectivity index (χ2v) is 9.35. The molecule has 1 aromatic rings. The molecule has 122 valence electrons. The number of aryl methyl sites for hydroxylation is 1. The van der Waals surface area contributed by atoms with Crippen LogP contribution < -0.4 is 5.32 Å². The van der Waals surface area contributed by atoms with Crippen LogP contribution in [-0.2, 0) is 14.8 Å². The topological polar surface area (TPSA) is 66.5 Å². The number of carbonyl (C=O) groups is 1. The molecule has 0 spiro atoms. The molecule has 1 aliphatic heterocycles. The maximum atomic E-state index is 12.8. The van der Waals surface area contributed by atoms with Gasteiger partial charge in [-0.05, 0) is 45.4 Å². The van der Waals surface area contributed by atoms with Crippen LogP contribution in [0, 0.1) is 6.92 Å². The van der Waals surface area contributed by atoms with E-state index in [9.17, 15) is 13.2 Å². The number of amides is 1. The Balaban J connectivity index is 2.28. The molecule has 1 aliphatic rings. The van der Waals surface area contributed by atoms with Gasteiger partial charge in [-0.25, -0.2) is 8.42 Å². The monoisotopic (exact) mass is 342 g/mol. The fourth-order valence-electron chi connectivity index (χ4n) is 2.23. The van der Waals surface area contributed by atoms with Gasteiger partial charge in [-0.2, -0.15) is 4.31 Å². The first kappa shape index (κ1) is 17.3. The first-order chi connectivity index (χ1) is 10.1. The molecular weight excluding hydrogens is 320 g/mol. The van der Waals surface area contributed by atoms with E-state index in [-0.39, 0.29) is 16.3 Å². The summed E-state index contributed by atoms with van der Waals surface area (Å²) < 4.78 is 26.9. The zero-order chi connectivity index (χ0) is 16.5. The van der Waals surface area contributed by atoms with Gasteiger partial charge in [0.1, 0.15) is 6.04 Å². The van der Waals surface area contributed by atoms with Crippen LogP contribution in [0.4, 0.5) is 0 Å². The van der Waals surface area contributed by atoms with Crippen LogP contribution in [0.25, 0.3) is 0 Å². The average molecular weight is 342 g/mol. The van der Waals surface area contributed by atoms with E-state index in [1.807, 2.05) is 33.8 Å². The summed E-state index contributed by atoms with van der Waals surface area (Å²) in [5, 5.41) is 2.87. The number of hydrogen-bond acceptors (Lipinski definition) is 4. The van der Waals surface area contributed by atoms with Crippen molar-refractivity contribution in [1.29, 1.82) is 0 Å². The molecule has 1 aromatic carbocycles. The van der Waals surface area contributed by atoms with Gasteiger partial charge in [0.15, 0.2) is 0 Å². The molecule has 0 bridgehead atoms. The van der Waals surface area contributed by atoms with Crippen LogP contribution in [0.1, 0.15) is 26.3 Å². The summed E-state index contributed by atoms with van der Waals surface area (Å²) in [5.74, 6) is 0.541. The Morgan fingerprint density at radius 1 is 1.36 bits per heavy atom. The van der Waals surface area contributed by atoms with Crippen molar-refractivity contribution in [2.45, 2.75) is 44.2 Å². The average Bonchev–Trinajstić information content (AvgIpc) is 2.86. The smallest absolute Gasteiger partial charge is 0.244 e. The van der Waals surface area contributed by atoms with E-state index >= 15 is 0 Å². The molecule has 0 aromatic heterocycles. The minimum absolute atomic E-state index is 0.239. The third-order valence-electron chi connectivity index (χ3n) is 3.24. The Kier molecular flexibility index (Phi) is 4.89. The van der Waals surface area contributed by atoms with Crippen molar-refractivity contribution in [3.8, 4) is 0 Å². The molecule has 1 fully saturated rings. The quantitative estimate of drug-likeness (QED) is 0.912. The number of nitrogens with zero attached hydrogens (tertiary/aromatic N) is 1. The van der Waals surface area contributed by atoms with Gasteiger partial charge in [-0.1, -0.05) is 12.1 Å². The minimum atomic E-state index is -3.66.